The molecule has 0 aliphatic carbocycles. The number of carbonyl (C=O) groups excluding carboxylic acids is 1. The van der Waals surface area contributed by atoms with Crippen molar-refractivity contribution in [1.82, 2.24) is 4.90 Å². The van der Waals surface area contributed by atoms with E-state index in [9.17, 15) is 18.0 Å². The Kier molecular flexibility index (Phi) is 5.35. The number of benzene rings is 1. The maximum Gasteiger partial charge on any atom is 0.417 e. The molecule has 21 heavy (non-hydrogen) atoms. The Morgan fingerprint density at radius 1 is 1.33 bits per heavy atom. The van der Waals surface area contributed by atoms with Gasteiger partial charge < -0.3 is 4.90 Å². The summed E-state index contributed by atoms with van der Waals surface area (Å²) >= 11 is 6.25. The molecule has 1 unspecified atom stereocenters. The number of likely N-dealkylation sites (tertiary alicyclic amines) is 1. The molecular weight excluding hydrogens is 415 g/mol. The molecule has 7 heteroatoms. The largest absolute Gasteiger partial charge is 0.417 e. The van der Waals surface area contributed by atoms with Crippen molar-refractivity contribution in [1.29, 1.82) is 0 Å². The lowest BCUT2D eigenvalue weighted by molar-refractivity contribution is -0.138. The molecule has 1 aliphatic rings. The molecule has 1 aliphatic heterocycles. The van der Waals surface area contributed by atoms with Crippen molar-refractivity contribution in [3.8, 4) is 0 Å². The van der Waals surface area contributed by atoms with Crippen LogP contribution in [0.4, 0.5) is 13.2 Å². The van der Waals surface area contributed by atoms with Crippen LogP contribution in [0.5, 0.6) is 0 Å². The third kappa shape index (κ3) is 3.80. The van der Waals surface area contributed by atoms with E-state index in [0.717, 1.165) is 25.3 Å². The first kappa shape index (κ1) is 16.8. The molecule has 0 bridgehead atoms. The Hall–Kier alpha value is -0.560. The smallest absolute Gasteiger partial charge is 0.335 e. The van der Waals surface area contributed by atoms with Gasteiger partial charge in [0.05, 0.1) is 5.56 Å². The van der Waals surface area contributed by atoms with Crippen LogP contribution >= 0.6 is 31.9 Å². The molecule has 2 nitrogen and oxygen atoms in total. The van der Waals surface area contributed by atoms with Crippen molar-refractivity contribution in [3.05, 3.63) is 33.8 Å². The monoisotopic (exact) mass is 427 g/mol. The van der Waals surface area contributed by atoms with Crippen molar-refractivity contribution >= 4 is 37.8 Å². The van der Waals surface area contributed by atoms with E-state index in [1.165, 1.54) is 12.1 Å². The number of hydrogen-bond acceptors (Lipinski definition) is 1. The van der Waals surface area contributed by atoms with E-state index in [1.807, 2.05) is 0 Å². The maximum atomic E-state index is 12.9. The number of rotatable bonds is 2. The summed E-state index contributed by atoms with van der Waals surface area (Å²) in [4.78, 5) is 14.2. The minimum Gasteiger partial charge on any atom is -0.335 e. The van der Waals surface area contributed by atoms with E-state index in [2.05, 4.69) is 31.9 Å². The fraction of sp³-hybridized carbons (Fsp3) is 0.500. The highest BCUT2D eigenvalue weighted by Crippen LogP contribution is 2.35. The number of nitrogens with zero attached hydrogens (tertiary/aromatic N) is 1. The van der Waals surface area contributed by atoms with Gasteiger partial charge in [-0.15, -0.1) is 0 Å². The van der Waals surface area contributed by atoms with Gasteiger partial charge in [-0.1, -0.05) is 31.9 Å². The number of alkyl halides is 4. The normalized spacial score (nSPS) is 19.7. The highest BCUT2D eigenvalue weighted by atomic mass is 79.9. The summed E-state index contributed by atoms with van der Waals surface area (Å²) in [6.07, 6.45) is -1.68. The first-order valence-corrected chi connectivity index (χ1v) is 8.49. The van der Waals surface area contributed by atoms with E-state index < -0.39 is 11.7 Å². The van der Waals surface area contributed by atoms with Gasteiger partial charge in [0.25, 0.3) is 5.91 Å². The second-order valence-electron chi connectivity index (χ2n) is 4.99. The summed E-state index contributed by atoms with van der Waals surface area (Å²) in [6, 6.07) is 3.68. The fourth-order valence-corrected chi connectivity index (χ4v) is 3.61. The lowest BCUT2D eigenvalue weighted by Crippen LogP contribution is -2.44. The highest BCUT2D eigenvalue weighted by Gasteiger charge is 2.34. The predicted molar refractivity (Wildman–Crippen MR) is 81.6 cm³/mol. The molecular formula is C14H14Br2F3NO. The summed E-state index contributed by atoms with van der Waals surface area (Å²) in [5, 5.41) is 0.640. The van der Waals surface area contributed by atoms with E-state index in [-0.39, 0.29) is 22.0 Å². The molecule has 0 spiro atoms. The summed E-state index contributed by atoms with van der Waals surface area (Å²) in [5.74, 6) is -0.336. The first-order valence-electron chi connectivity index (χ1n) is 6.58. The Balaban J connectivity index is 2.31. The van der Waals surface area contributed by atoms with E-state index in [0.29, 0.717) is 11.9 Å². The van der Waals surface area contributed by atoms with E-state index in [1.54, 1.807) is 4.90 Å². The van der Waals surface area contributed by atoms with Gasteiger partial charge in [0.15, 0.2) is 0 Å². The standard InChI is InChI=1S/C14H14Br2F3NO/c15-8-10-3-1-2-6-20(10)13(21)9-4-5-12(16)11(7-9)14(17,18)19/h4-5,7,10H,1-3,6,8H2. The quantitative estimate of drug-likeness (QED) is 0.616. The van der Waals surface area contributed by atoms with Gasteiger partial charge >= 0.3 is 6.18 Å². The molecule has 1 amide bonds. The fourth-order valence-electron chi connectivity index (χ4n) is 2.47. The zero-order valence-electron chi connectivity index (χ0n) is 11.1. The lowest BCUT2D eigenvalue weighted by Gasteiger charge is -2.35. The first-order chi connectivity index (χ1) is 9.84. The second-order valence-corrected chi connectivity index (χ2v) is 6.50. The van der Waals surface area contributed by atoms with Crippen molar-refractivity contribution in [2.45, 2.75) is 31.5 Å². The summed E-state index contributed by atoms with van der Waals surface area (Å²) in [7, 11) is 0. The van der Waals surface area contributed by atoms with Crippen molar-refractivity contribution in [2.75, 3.05) is 11.9 Å². The van der Waals surface area contributed by atoms with Crippen LogP contribution in [0.25, 0.3) is 0 Å². The van der Waals surface area contributed by atoms with Crippen LogP contribution < -0.4 is 0 Å². The minimum atomic E-state index is -4.48. The Morgan fingerprint density at radius 2 is 2.05 bits per heavy atom. The predicted octanol–water partition coefficient (Wildman–Crippen LogP) is 4.86. The Bertz CT molecular complexity index is 533. The van der Waals surface area contributed by atoms with Gasteiger partial charge in [0, 0.05) is 28.0 Å². The number of amides is 1. The van der Waals surface area contributed by atoms with Crippen LogP contribution in [0, 0.1) is 0 Å². The summed E-state index contributed by atoms with van der Waals surface area (Å²) in [6.45, 7) is 0.590. The van der Waals surface area contributed by atoms with Gasteiger partial charge in [-0.2, -0.15) is 13.2 Å². The average Bonchev–Trinajstić information content (AvgIpc) is 2.45. The molecule has 1 aromatic carbocycles. The van der Waals surface area contributed by atoms with Crippen LogP contribution in [-0.4, -0.2) is 28.7 Å². The van der Waals surface area contributed by atoms with Crippen LogP contribution in [0.3, 0.4) is 0 Å². The van der Waals surface area contributed by atoms with E-state index in [4.69, 9.17) is 0 Å². The van der Waals surface area contributed by atoms with Crippen LogP contribution in [0.1, 0.15) is 35.2 Å². The molecule has 0 radical (unpaired) electrons. The zero-order chi connectivity index (χ0) is 15.6. The molecule has 116 valence electrons. The molecule has 1 fully saturated rings. The Morgan fingerprint density at radius 3 is 2.67 bits per heavy atom. The van der Waals surface area contributed by atoms with Gasteiger partial charge in [0.1, 0.15) is 0 Å². The molecule has 2 rings (SSSR count). The van der Waals surface area contributed by atoms with Crippen molar-refractivity contribution in [3.63, 3.8) is 0 Å². The van der Waals surface area contributed by atoms with Crippen molar-refractivity contribution in [2.24, 2.45) is 0 Å². The molecule has 0 saturated carbocycles. The molecule has 1 saturated heterocycles. The van der Waals surface area contributed by atoms with Gasteiger partial charge in [-0.25, -0.2) is 0 Å². The number of hydrogen-bond donors (Lipinski definition) is 0. The lowest BCUT2D eigenvalue weighted by atomic mass is 10.0. The van der Waals surface area contributed by atoms with Crippen molar-refractivity contribution < 1.29 is 18.0 Å². The summed E-state index contributed by atoms with van der Waals surface area (Å²) < 4.78 is 38.7. The minimum absolute atomic E-state index is 0.0456. The van der Waals surface area contributed by atoms with Crippen LogP contribution in [0.2, 0.25) is 0 Å². The maximum absolute atomic E-state index is 12.9. The number of halogens is 5. The topological polar surface area (TPSA) is 20.3 Å². The molecule has 0 N–H and O–H groups in total. The van der Waals surface area contributed by atoms with Gasteiger partial charge in [-0.3, -0.25) is 4.79 Å². The molecule has 1 aromatic rings. The highest BCUT2D eigenvalue weighted by molar-refractivity contribution is 9.10. The van der Waals surface area contributed by atoms with Gasteiger partial charge in [-0.05, 0) is 37.5 Å². The van der Waals surface area contributed by atoms with E-state index >= 15 is 0 Å². The van der Waals surface area contributed by atoms with Gasteiger partial charge in [0.2, 0.25) is 0 Å². The Labute approximate surface area is 137 Å². The number of piperidine rings is 1. The SMILES string of the molecule is O=C(c1ccc(Br)c(C(F)(F)F)c1)N1CCCCC1CBr. The summed E-state index contributed by atoms with van der Waals surface area (Å²) in [5.41, 5.74) is -0.737. The molecule has 1 heterocycles. The third-order valence-corrected chi connectivity index (χ3v) is 5.02. The molecule has 0 aromatic heterocycles. The average molecular weight is 429 g/mol. The number of carbonyl (C=O) groups is 1. The third-order valence-electron chi connectivity index (χ3n) is 3.58. The second kappa shape index (κ2) is 6.69. The van der Waals surface area contributed by atoms with Crippen LogP contribution in [-0.2, 0) is 6.18 Å². The zero-order valence-corrected chi connectivity index (χ0v) is 14.3. The molecule has 1 atom stereocenters. The van der Waals surface area contributed by atoms with Crippen LogP contribution in [0.15, 0.2) is 22.7 Å².